The first-order valence-electron chi connectivity index (χ1n) is 14.2. The van der Waals surface area contributed by atoms with Crippen LogP contribution in [0.2, 0.25) is 0 Å². The molecule has 0 aliphatic rings. The minimum absolute atomic E-state index is 0.0594. The smallest absolute Gasteiger partial charge is 0.373 e. The third kappa shape index (κ3) is 9.61. The van der Waals surface area contributed by atoms with Crippen molar-refractivity contribution in [3.8, 4) is 11.5 Å². The Morgan fingerprint density at radius 2 is 1.32 bits per heavy atom. The van der Waals surface area contributed by atoms with Gasteiger partial charge in [-0.1, -0.05) is 64.1 Å². The van der Waals surface area contributed by atoms with E-state index in [1.165, 1.54) is 11.6 Å². The first-order valence-corrected chi connectivity index (χ1v) is 14.2. The van der Waals surface area contributed by atoms with Gasteiger partial charge >= 0.3 is 12.1 Å². The molecule has 0 aliphatic heterocycles. The molecule has 0 fully saturated rings. The lowest BCUT2D eigenvalue weighted by Gasteiger charge is -2.12. The summed E-state index contributed by atoms with van der Waals surface area (Å²) in [4.78, 5) is 53.8. The van der Waals surface area contributed by atoms with Crippen molar-refractivity contribution in [2.24, 2.45) is 11.8 Å². The van der Waals surface area contributed by atoms with Gasteiger partial charge < -0.3 is 15.2 Å². The van der Waals surface area contributed by atoms with E-state index in [0.29, 0.717) is 29.3 Å². The normalized spacial score (nSPS) is 10.4. The number of nitrogens with one attached hydrogen (secondary N) is 1. The largest absolute Gasteiger partial charge is 0.478 e. The number of benzene rings is 4. The van der Waals surface area contributed by atoms with Gasteiger partial charge in [0.15, 0.2) is 5.78 Å². The summed E-state index contributed by atoms with van der Waals surface area (Å²) >= 11 is 0. The first kappa shape index (κ1) is 33.2. The molecule has 0 heterocycles. The van der Waals surface area contributed by atoms with Crippen LogP contribution in [0.1, 0.15) is 75.5 Å². The molecule has 0 unspecified atom stereocenters. The van der Waals surface area contributed by atoms with Crippen molar-refractivity contribution in [2.45, 2.75) is 40.5 Å². The highest BCUT2D eigenvalue weighted by Crippen LogP contribution is 2.25. The SMILES string of the molecule is CC(C)Cc1ccc(Oc2ccc(NC(=O)c3cc(Cc4cccc(C(=O)C(C)C)c4)ccc3C(=O)O)cc2)cc1.O=C=O. The Morgan fingerprint density at radius 3 is 1.89 bits per heavy atom. The summed E-state index contributed by atoms with van der Waals surface area (Å²) in [6, 6.07) is 27.0. The van der Waals surface area contributed by atoms with Crippen molar-refractivity contribution in [3.63, 3.8) is 0 Å². The maximum atomic E-state index is 13.2. The fraction of sp³-hybridized carbons (Fsp3) is 0.222. The van der Waals surface area contributed by atoms with Crippen molar-refractivity contribution in [1.82, 2.24) is 0 Å². The van der Waals surface area contributed by atoms with Crippen molar-refractivity contribution in [3.05, 3.63) is 124 Å². The monoisotopic (exact) mass is 593 g/mol. The van der Waals surface area contributed by atoms with Crippen LogP contribution in [0.4, 0.5) is 5.69 Å². The summed E-state index contributed by atoms with van der Waals surface area (Å²) in [6.45, 7) is 8.08. The molecule has 0 aromatic heterocycles. The van der Waals surface area contributed by atoms with Gasteiger partial charge in [-0.2, -0.15) is 9.59 Å². The van der Waals surface area contributed by atoms with Crippen molar-refractivity contribution in [1.29, 1.82) is 0 Å². The molecule has 0 saturated carbocycles. The summed E-state index contributed by atoms with van der Waals surface area (Å²) in [6.07, 6.45) is 1.71. The van der Waals surface area contributed by atoms with Crippen molar-refractivity contribution >= 4 is 29.5 Å². The van der Waals surface area contributed by atoms with E-state index in [1.807, 2.05) is 44.2 Å². The summed E-state index contributed by atoms with van der Waals surface area (Å²) in [5.41, 5.74) is 4.03. The van der Waals surface area contributed by atoms with Crippen LogP contribution in [0.5, 0.6) is 11.5 Å². The minimum atomic E-state index is -1.19. The molecular weight excluding hydrogens is 558 g/mol. The second-order valence-electron chi connectivity index (χ2n) is 11.0. The van der Waals surface area contributed by atoms with Crippen LogP contribution in [0, 0.1) is 11.8 Å². The molecule has 8 nitrogen and oxygen atoms in total. The molecule has 0 bridgehead atoms. The number of aromatic carboxylic acids is 1. The van der Waals surface area contributed by atoms with Gasteiger partial charge in [-0.25, -0.2) is 4.79 Å². The first-order chi connectivity index (χ1) is 21.0. The fourth-order valence-corrected chi connectivity index (χ4v) is 4.59. The number of hydrogen-bond donors (Lipinski definition) is 2. The molecule has 0 radical (unpaired) electrons. The maximum Gasteiger partial charge on any atom is 0.373 e. The van der Waals surface area contributed by atoms with Crippen molar-refractivity contribution in [2.75, 3.05) is 5.32 Å². The number of rotatable bonds is 11. The van der Waals surface area contributed by atoms with E-state index in [-0.39, 0.29) is 29.0 Å². The van der Waals surface area contributed by atoms with Gasteiger partial charge in [0, 0.05) is 17.2 Å². The molecule has 0 atom stereocenters. The highest BCUT2D eigenvalue weighted by molar-refractivity contribution is 6.10. The van der Waals surface area contributed by atoms with Gasteiger partial charge in [-0.15, -0.1) is 0 Å². The molecule has 226 valence electrons. The molecule has 4 aromatic carbocycles. The topological polar surface area (TPSA) is 127 Å². The predicted octanol–water partition coefficient (Wildman–Crippen LogP) is 7.47. The zero-order valence-corrected chi connectivity index (χ0v) is 25.1. The fourth-order valence-electron chi connectivity index (χ4n) is 4.59. The molecule has 2 N–H and O–H groups in total. The number of carbonyl (C=O) groups is 3. The number of anilines is 1. The summed E-state index contributed by atoms with van der Waals surface area (Å²) < 4.78 is 5.93. The van der Waals surface area contributed by atoms with Gasteiger partial charge in [-0.05, 0) is 90.0 Å². The van der Waals surface area contributed by atoms with Crippen molar-refractivity contribution < 1.29 is 33.8 Å². The van der Waals surface area contributed by atoms with E-state index in [4.69, 9.17) is 14.3 Å². The van der Waals surface area contributed by atoms with Gasteiger partial charge in [0.05, 0.1) is 11.1 Å². The van der Waals surface area contributed by atoms with E-state index >= 15 is 0 Å². The number of ether oxygens (including phenoxy) is 1. The van der Waals surface area contributed by atoms with Crippen LogP contribution < -0.4 is 10.1 Å². The number of ketones is 1. The standard InChI is InChI=1S/C35H35NO5.CO2/c1-22(2)18-24-8-13-29(14-9-24)41-30-15-11-28(12-16-30)36-34(38)32-21-26(10-17-31(32)35(39)40)19-25-6-5-7-27(20-25)33(37)23(3)4;2-1-3/h5-17,20-23H,18-19H2,1-4H3,(H,36,38)(H,39,40);. The molecule has 0 aliphatic carbocycles. The number of carboxylic acid groups (broad SMARTS) is 1. The minimum Gasteiger partial charge on any atom is -0.478 e. The molecule has 8 heteroatoms. The third-order valence-corrected chi connectivity index (χ3v) is 6.62. The lowest BCUT2D eigenvalue weighted by molar-refractivity contribution is -0.191. The molecule has 44 heavy (non-hydrogen) atoms. The molecule has 0 saturated heterocycles. The lowest BCUT2D eigenvalue weighted by Crippen LogP contribution is -2.17. The van der Waals surface area contributed by atoms with Crippen LogP contribution in [0.15, 0.2) is 91.0 Å². The molecule has 4 rings (SSSR count). The van der Waals surface area contributed by atoms with Crippen LogP contribution in [0.25, 0.3) is 0 Å². The predicted molar refractivity (Wildman–Crippen MR) is 166 cm³/mol. The number of carboxylic acids is 1. The number of amides is 1. The lowest BCUT2D eigenvalue weighted by atomic mass is 9.95. The van der Waals surface area contributed by atoms with E-state index in [0.717, 1.165) is 23.3 Å². The molecular formula is C36H35NO7. The van der Waals surface area contributed by atoms with E-state index in [2.05, 4.69) is 31.3 Å². The third-order valence-electron chi connectivity index (χ3n) is 6.62. The number of carbonyl (C=O) groups excluding carboxylic acids is 4. The Kier molecular flexibility index (Phi) is 11.9. The van der Waals surface area contributed by atoms with E-state index in [9.17, 15) is 19.5 Å². The zero-order valence-electron chi connectivity index (χ0n) is 25.1. The van der Waals surface area contributed by atoms with Crippen LogP contribution >= 0.6 is 0 Å². The average Bonchev–Trinajstić information content (AvgIpc) is 2.99. The summed E-state index contributed by atoms with van der Waals surface area (Å²) in [7, 11) is 0. The van der Waals surface area contributed by atoms with E-state index < -0.39 is 11.9 Å². The summed E-state index contributed by atoms with van der Waals surface area (Å²) in [5.74, 6) is 0.150. The zero-order chi connectivity index (χ0) is 32.2. The summed E-state index contributed by atoms with van der Waals surface area (Å²) in [5, 5.41) is 12.5. The number of Topliss-reactive ketones (excluding diaryl/α,β-unsaturated/α-hetero) is 1. The van der Waals surface area contributed by atoms with Crippen LogP contribution in [-0.4, -0.2) is 28.9 Å². The Morgan fingerprint density at radius 1 is 0.750 bits per heavy atom. The van der Waals surface area contributed by atoms with E-state index in [1.54, 1.807) is 42.5 Å². The van der Waals surface area contributed by atoms with Gasteiger partial charge in [0.1, 0.15) is 11.5 Å². The van der Waals surface area contributed by atoms with Gasteiger partial charge in [0.25, 0.3) is 5.91 Å². The quantitative estimate of drug-likeness (QED) is 0.173. The highest BCUT2D eigenvalue weighted by Gasteiger charge is 2.18. The molecule has 1 amide bonds. The Balaban J connectivity index is 0.00000169. The van der Waals surface area contributed by atoms with Gasteiger partial charge in [-0.3, -0.25) is 9.59 Å². The number of hydrogen-bond acceptors (Lipinski definition) is 6. The Hall–Kier alpha value is -5.33. The Labute approximate surface area is 256 Å². The van der Waals surface area contributed by atoms with Crippen LogP contribution in [-0.2, 0) is 22.4 Å². The maximum absolute atomic E-state index is 13.2. The molecule has 0 spiro atoms. The second kappa shape index (κ2) is 15.8. The average molecular weight is 594 g/mol. The van der Waals surface area contributed by atoms with Crippen LogP contribution in [0.3, 0.4) is 0 Å². The Bertz CT molecular complexity index is 1630. The second-order valence-corrected chi connectivity index (χ2v) is 11.0. The van der Waals surface area contributed by atoms with Gasteiger partial charge in [0.2, 0.25) is 0 Å². The highest BCUT2D eigenvalue weighted by atomic mass is 16.5. The molecule has 4 aromatic rings.